The van der Waals surface area contributed by atoms with Crippen molar-refractivity contribution < 1.29 is 9.90 Å². The van der Waals surface area contributed by atoms with Crippen molar-refractivity contribution >= 4 is 33.2 Å². The van der Waals surface area contributed by atoms with Gasteiger partial charge in [0.05, 0.1) is 0 Å². The molecule has 14 heavy (non-hydrogen) atoms. The van der Waals surface area contributed by atoms with Crippen LogP contribution in [0, 0.1) is 0 Å². The first kappa shape index (κ1) is 11.7. The Balaban J connectivity index is 2.55. The van der Waals surface area contributed by atoms with E-state index < -0.39 is 0 Å². The van der Waals surface area contributed by atoms with Crippen molar-refractivity contribution in [1.82, 2.24) is 5.32 Å². The molecule has 0 aromatic carbocycles. The summed E-state index contributed by atoms with van der Waals surface area (Å²) in [6.07, 6.45) is 0.578. The van der Waals surface area contributed by atoms with Crippen LogP contribution < -0.4 is 5.32 Å². The summed E-state index contributed by atoms with van der Waals surface area (Å²) < 4.78 is 0.816. The van der Waals surface area contributed by atoms with Gasteiger partial charge in [0, 0.05) is 17.1 Å². The number of carbonyl (C=O) groups excluding carboxylic acids is 1. The summed E-state index contributed by atoms with van der Waals surface area (Å²) in [6, 6.07) is 1.84. The van der Waals surface area contributed by atoms with Crippen LogP contribution in [0.3, 0.4) is 0 Å². The molecule has 1 aromatic rings. The van der Waals surface area contributed by atoms with Crippen molar-refractivity contribution in [1.29, 1.82) is 0 Å². The fourth-order valence-electron chi connectivity index (χ4n) is 1.01. The van der Waals surface area contributed by atoms with Gasteiger partial charge in [0.1, 0.15) is 4.88 Å². The van der Waals surface area contributed by atoms with Crippen molar-refractivity contribution in [3.8, 4) is 0 Å². The van der Waals surface area contributed by atoms with Crippen LogP contribution in [0.2, 0.25) is 0 Å². The summed E-state index contributed by atoms with van der Waals surface area (Å²) in [4.78, 5) is 12.3. The van der Waals surface area contributed by atoms with Crippen LogP contribution >= 0.6 is 27.3 Å². The number of halogens is 1. The Labute approximate surface area is 95.3 Å². The van der Waals surface area contributed by atoms with Gasteiger partial charge in [0.15, 0.2) is 0 Å². The van der Waals surface area contributed by atoms with Gasteiger partial charge in [-0.15, -0.1) is 11.3 Å². The van der Waals surface area contributed by atoms with Crippen LogP contribution in [0.15, 0.2) is 15.9 Å². The van der Waals surface area contributed by atoms with E-state index >= 15 is 0 Å². The molecule has 5 heteroatoms. The number of hydrogen-bond acceptors (Lipinski definition) is 3. The summed E-state index contributed by atoms with van der Waals surface area (Å²) in [5.74, 6) is -0.0900. The first-order valence-corrected chi connectivity index (χ1v) is 5.97. The number of thiophene rings is 1. The summed E-state index contributed by atoms with van der Waals surface area (Å²) in [5.41, 5.74) is 0. The summed E-state index contributed by atoms with van der Waals surface area (Å²) >= 11 is 4.69. The minimum Gasteiger partial charge on any atom is -0.396 e. The van der Waals surface area contributed by atoms with Crippen molar-refractivity contribution in [3.05, 3.63) is 20.8 Å². The molecule has 0 aliphatic carbocycles. The Bertz CT molecular complexity index is 314. The highest BCUT2D eigenvalue weighted by Gasteiger charge is 2.13. The van der Waals surface area contributed by atoms with Gasteiger partial charge in [-0.3, -0.25) is 4.79 Å². The Morgan fingerprint density at radius 2 is 2.50 bits per heavy atom. The van der Waals surface area contributed by atoms with Crippen LogP contribution in [-0.2, 0) is 0 Å². The summed E-state index contributed by atoms with van der Waals surface area (Å²) in [5, 5.41) is 13.3. The quantitative estimate of drug-likeness (QED) is 0.885. The fraction of sp³-hybridized carbons (Fsp3) is 0.444. The van der Waals surface area contributed by atoms with E-state index in [-0.39, 0.29) is 18.6 Å². The highest BCUT2D eigenvalue weighted by Crippen LogP contribution is 2.22. The van der Waals surface area contributed by atoms with E-state index in [1.165, 1.54) is 11.3 Å². The van der Waals surface area contributed by atoms with Gasteiger partial charge >= 0.3 is 0 Å². The van der Waals surface area contributed by atoms with Crippen molar-refractivity contribution in [2.24, 2.45) is 0 Å². The third-order valence-electron chi connectivity index (χ3n) is 1.76. The number of aliphatic hydroxyl groups excluding tert-OH is 1. The average Bonchev–Trinajstić information content (AvgIpc) is 2.51. The predicted molar refractivity (Wildman–Crippen MR) is 60.7 cm³/mol. The van der Waals surface area contributed by atoms with Gasteiger partial charge in [-0.25, -0.2) is 0 Å². The molecule has 0 saturated carbocycles. The number of carbonyl (C=O) groups is 1. The van der Waals surface area contributed by atoms with Crippen LogP contribution in [0.4, 0.5) is 0 Å². The minimum atomic E-state index is -0.0900. The molecule has 0 spiro atoms. The predicted octanol–water partition coefficient (Wildman–Crippen LogP) is 2.01. The second-order valence-electron chi connectivity index (χ2n) is 2.98. The number of aliphatic hydroxyl groups is 1. The van der Waals surface area contributed by atoms with E-state index in [1.807, 2.05) is 18.4 Å². The maximum absolute atomic E-state index is 11.6. The van der Waals surface area contributed by atoms with Crippen LogP contribution in [-0.4, -0.2) is 23.7 Å². The molecule has 2 N–H and O–H groups in total. The zero-order chi connectivity index (χ0) is 10.6. The van der Waals surface area contributed by atoms with Gasteiger partial charge in [-0.1, -0.05) is 0 Å². The lowest BCUT2D eigenvalue weighted by atomic mass is 10.2. The SMILES string of the molecule is CC(CCO)NC(=O)c1sccc1Br. The normalized spacial score (nSPS) is 12.5. The molecule has 0 aliphatic heterocycles. The number of amides is 1. The maximum Gasteiger partial charge on any atom is 0.262 e. The molecule has 1 unspecified atom stereocenters. The average molecular weight is 278 g/mol. The third-order valence-corrected chi connectivity index (χ3v) is 3.60. The van der Waals surface area contributed by atoms with Crippen molar-refractivity contribution in [2.75, 3.05) is 6.61 Å². The van der Waals surface area contributed by atoms with E-state index in [4.69, 9.17) is 5.11 Å². The van der Waals surface area contributed by atoms with E-state index in [9.17, 15) is 4.79 Å². The van der Waals surface area contributed by atoms with Crippen molar-refractivity contribution in [3.63, 3.8) is 0 Å². The Morgan fingerprint density at radius 3 is 3.00 bits per heavy atom. The minimum absolute atomic E-state index is 0.00139. The molecule has 0 radical (unpaired) electrons. The largest absolute Gasteiger partial charge is 0.396 e. The fourth-order valence-corrected chi connectivity index (χ4v) is 2.47. The Kier molecular flexibility index (Phi) is 4.57. The second kappa shape index (κ2) is 5.48. The molecule has 0 fully saturated rings. The highest BCUT2D eigenvalue weighted by atomic mass is 79.9. The number of hydrogen-bond donors (Lipinski definition) is 2. The number of rotatable bonds is 4. The van der Waals surface area contributed by atoms with Gasteiger partial charge < -0.3 is 10.4 Å². The lowest BCUT2D eigenvalue weighted by molar-refractivity contribution is 0.0938. The molecular formula is C9H12BrNO2S. The molecular weight excluding hydrogens is 266 g/mol. The molecule has 1 heterocycles. The Morgan fingerprint density at radius 1 is 1.79 bits per heavy atom. The number of nitrogens with one attached hydrogen (secondary N) is 1. The van der Waals surface area contributed by atoms with Crippen LogP contribution in [0.1, 0.15) is 23.0 Å². The molecule has 1 aromatic heterocycles. The summed E-state index contributed by atoms with van der Waals surface area (Å²) in [6.45, 7) is 1.96. The zero-order valence-corrected chi connectivity index (χ0v) is 10.2. The van der Waals surface area contributed by atoms with Gasteiger partial charge in [-0.05, 0) is 40.7 Å². The molecule has 0 saturated heterocycles. The second-order valence-corrected chi connectivity index (χ2v) is 4.75. The van der Waals surface area contributed by atoms with Gasteiger partial charge in [-0.2, -0.15) is 0 Å². The monoisotopic (exact) mass is 277 g/mol. The molecule has 3 nitrogen and oxygen atoms in total. The lowest BCUT2D eigenvalue weighted by Gasteiger charge is -2.11. The molecule has 0 bridgehead atoms. The van der Waals surface area contributed by atoms with Crippen LogP contribution in [0.5, 0.6) is 0 Å². The van der Waals surface area contributed by atoms with Gasteiger partial charge in [0.25, 0.3) is 5.91 Å². The standard InChI is InChI=1S/C9H12BrNO2S/c1-6(2-4-12)11-9(13)8-7(10)3-5-14-8/h3,5-6,12H,2,4H2,1H3,(H,11,13). The van der Waals surface area contributed by atoms with Crippen LogP contribution in [0.25, 0.3) is 0 Å². The zero-order valence-electron chi connectivity index (χ0n) is 7.79. The molecule has 1 amide bonds. The maximum atomic E-state index is 11.6. The Hall–Kier alpha value is -0.390. The molecule has 0 aliphatic rings. The van der Waals surface area contributed by atoms with Crippen molar-refractivity contribution in [2.45, 2.75) is 19.4 Å². The lowest BCUT2D eigenvalue weighted by Crippen LogP contribution is -2.32. The molecule has 1 atom stereocenters. The molecule has 1 rings (SSSR count). The van der Waals surface area contributed by atoms with E-state index in [0.29, 0.717) is 11.3 Å². The third kappa shape index (κ3) is 3.08. The van der Waals surface area contributed by atoms with Gasteiger partial charge in [0.2, 0.25) is 0 Å². The smallest absolute Gasteiger partial charge is 0.262 e. The van der Waals surface area contributed by atoms with E-state index in [0.717, 1.165) is 4.47 Å². The topological polar surface area (TPSA) is 49.3 Å². The highest BCUT2D eigenvalue weighted by molar-refractivity contribution is 9.10. The first-order chi connectivity index (χ1) is 6.65. The summed E-state index contributed by atoms with van der Waals surface area (Å²) in [7, 11) is 0. The molecule has 78 valence electrons. The van der Waals surface area contributed by atoms with E-state index in [1.54, 1.807) is 0 Å². The first-order valence-electron chi connectivity index (χ1n) is 4.30. The van der Waals surface area contributed by atoms with E-state index in [2.05, 4.69) is 21.2 Å².